The molecule has 0 aliphatic heterocycles. The zero-order chi connectivity index (χ0) is 18.4. The van der Waals surface area contributed by atoms with Crippen LogP contribution in [0.1, 0.15) is 26.5 Å². The van der Waals surface area contributed by atoms with Gasteiger partial charge < -0.3 is 14.6 Å². The number of carboxylic acids is 1. The van der Waals surface area contributed by atoms with Gasteiger partial charge in [0.25, 0.3) is 0 Å². The number of thiazole rings is 1. The summed E-state index contributed by atoms with van der Waals surface area (Å²) in [6, 6.07) is 5.87. The van der Waals surface area contributed by atoms with Crippen molar-refractivity contribution >= 4 is 17.3 Å². The molecule has 25 heavy (non-hydrogen) atoms. The molecule has 1 aromatic heterocycles. The Hall–Kier alpha value is -2.12. The predicted octanol–water partition coefficient (Wildman–Crippen LogP) is 3.51. The highest BCUT2D eigenvalue weighted by Gasteiger charge is 2.16. The van der Waals surface area contributed by atoms with Crippen molar-refractivity contribution in [2.75, 3.05) is 20.3 Å². The fraction of sp³-hybridized carbons (Fsp3) is 0.444. The predicted molar refractivity (Wildman–Crippen MR) is 98.5 cm³/mol. The third-order valence-corrected chi connectivity index (χ3v) is 4.64. The van der Waals surface area contributed by atoms with Gasteiger partial charge >= 0.3 is 5.97 Å². The molecule has 136 valence electrons. The molecule has 1 heterocycles. The van der Waals surface area contributed by atoms with Crippen LogP contribution in [0.15, 0.2) is 23.6 Å². The van der Waals surface area contributed by atoms with E-state index in [4.69, 9.17) is 14.6 Å². The standard InChI is InChI=1S/C18H24N2O4S/c1-5-24-15-7-6-13(8-16(15)23-4)18-19-14(11-25-18)9-20(12(2)3)10-17(21)22/h6-8,11-12H,5,9-10H2,1-4H3,(H,21,22). The highest BCUT2D eigenvalue weighted by atomic mass is 32.1. The van der Waals surface area contributed by atoms with Gasteiger partial charge in [-0.2, -0.15) is 0 Å². The molecular formula is C18H24N2O4S. The highest BCUT2D eigenvalue weighted by Crippen LogP contribution is 2.34. The van der Waals surface area contributed by atoms with Crippen molar-refractivity contribution in [3.8, 4) is 22.1 Å². The molecule has 7 heteroatoms. The number of benzene rings is 1. The van der Waals surface area contributed by atoms with Gasteiger partial charge in [-0.1, -0.05) is 0 Å². The molecule has 0 bridgehead atoms. The van der Waals surface area contributed by atoms with E-state index in [-0.39, 0.29) is 12.6 Å². The minimum atomic E-state index is -0.833. The summed E-state index contributed by atoms with van der Waals surface area (Å²) in [6.45, 7) is 6.97. The largest absolute Gasteiger partial charge is 0.493 e. The monoisotopic (exact) mass is 364 g/mol. The number of carbonyl (C=O) groups is 1. The van der Waals surface area contributed by atoms with Crippen molar-refractivity contribution in [3.05, 3.63) is 29.3 Å². The lowest BCUT2D eigenvalue weighted by Crippen LogP contribution is -2.35. The van der Waals surface area contributed by atoms with E-state index in [1.807, 2.05) is 49.3 Å². The van der Waals surface area contributed by atoms with Crippen LogP contribution in [0.4, 0.5) is 0 Å². The van der Waals surface area contributed by atoms with Crippen LogP contribution >= 0.6 is 11.3 Å². The molecular weight excluding hydrogens is 340 g/mol. The third-order valence-electron chi connectivity index (χ3n) is 3.70. The first-order valence-electron chi connectivity index (χ1n) is 8.16. The van der Waals surface area contributed by atoms with Gasteiger partial charge in [0.1, 0.15) is 5.01 Å². The normalized spacial score (nSPS) is 11.1. The number of nitrogens with zero attached hydrogens (tertiary/aromatic N) is 2. The Kier molecular flexibility index (Phi) is 6.78. The summed E-state index contributed by atoms with van der Waals surface area (Å²) in [5.41, 5.74) is 1.81. The quantitative estimate of drug-likeness (QED) is 0.734. The maximum Gasteiger partial charge on any atom is 0.317 e. The molecule has 2 aromatic rings. The second-order valence-corrected chi connectivity index (χ2v) is 6.69. The molecule has 0 saturated carbocycles. The van der Waals surface area contributed by atoms with Gasteiger partial charge in [0, 0.05) is 23.5 Å². The van der Waals surface area contributed by atoms with E-state index in [0.29, 0.717) is 24.7 Å². The van der Waals surface area contributed by atoms with Gasteiger partial charge in [-0.05, 0) is 39.0 Å². The van der Waals surface area contributed by atoms with E-state index in [9.17, 15) is 4.79 Å². The average molecular weight is 364 g/mol. The lowest BCUT2D eigenvalue weighted by molar-refractivity contribution is -0.138. The summed E-state index contributed by atoms with van der Waals surface area (Å²) in [4.78, 5) is 17.5. The van der Waals surface area contributed by atoms with Gasteiger partial charge in [0.2, 0.25) is 0 Å². The molecule has 0 aliphatic carbocycles. The van der Waals surface area contributed by atoms with Gasteiger partial charge in [-0.3, -0.25) is 9.69 Å². The van der Waals surface area contributed by atoms with Crippen molar-refractivity contribution in [2.24, 2.45) is 0 Å². The Morgan fingerprint density at radius 1 is 1.36 bits per heavy atom. The van der Waals surface area contributed by atoms with Crippen molar-refractivity contribution in [3.63, 3.8) is 0 Å². The van der Waals surface area contributed by atoms with Crippen LogP contribution in [-0.4, -0.2) is 47.3 Å². The first kappa shape index (κ1) is 19.2. The number of rotatable bonds is 9. The number of ether oxygens (including phenoxy) is 2. The maximum absolute atomic E-state index is 11.0. The molecule has 0 radical (unpaired) electrons. The SMILES string of the molecule is CCOc1ccc(-c2nc(CN(CC(=O)O)C(C)C)cs2)cc1OC. The Labute approximate surface area is 152 Å². The lowest BCUT2D eigenvalue weighted by atomic mass is 10.2. The number of methoxy groups -OCH3 is 1. The Bertz CT molecular complexity index is 715. The van der Waals surface area contributed by atoms with Crippen LogP contribution in [0.5, 0.6) is 11.5 Å². The van der Waals surface area contributed by atoms with Crippen LogP contribution in [0.3, 0.4) is 0 Å². The third kappa shape index (κ3) is 5.17. The second-order valence-electron chi connectivity index (χ2n) is 5.84. The van der Waals surface area contributed by atoms with Crippen molar-refractivity contribution < 1.29 is 19.4 Å². The second kappa shape index (κ2) is 8.82. The molecule has 0 aliphatic rings. The molecule has 6 nitrogen and oxygen atoms in total. The zero-order valence-corrected chi connectivity index (χ0v) is 15.8. The van der Waals surface area contributed by atoms with E-state index < -0.39 is 5.97 Å². The van der Waals surface area contributed by atoms with Gasteiger partial charge in [0.05, 0.1) is 26.0 Å². The number of aliphatic carboxylic acids is 1. The fourth-order valence-corrected chi connectivity index (χ4v) is 3.20. The van der Waals surface area contributed by atoms with Crippen LogP contribution in [0.2, 0.25) is 0 Å². The van der Waals surface area contributed by atoms with Crippen LogP contribution in [0, 0.1) is 0 Å². The summed E-state index contributed by atoms with van der Waals surface area (Å²) in [6.07, 6.45) is 0. The molecule has 1 N–H and O–H groups in total. The first-order valence-corrected chi connectivity index (χ1v) is 9.04. The Balaban J connectivity index is 2.19. The first-order chi connectivity index (χ1) is 11.9. The molecule has 0 amide bonds. The van der Waals surface area contributed by atoms with Gasteiger partial charge in [-0.25, -0.2) is 4.98 Å². The molecule has 1 aromatic carbocycles. The maximum atomic E-state index is 11.0. The number of carboxylic acid groups (broad SMARTS) is 1. The van der Waals surface area contributed by atoms with E-state index in [0.717, 1.165) is 16.3 Å². The topological polar surface area (TPSA) is 71.9 Å². The van der Waals surface area contributed by atoms with Crippen molar-refractivity contribution in [1.82, 2.24) is 9.88 Å². The van der Waals surface area contributed by atoms with Crippen molar-refractivity contribution in [1.29, 1.82) is 0 Å². The number of hydrogen-bond donors (Lipinski definition) is 1. The van der Waals surface area contributed by atoms with E-state index in [1.54, 1.807) is 7.11 Å². The van der Waals surface area contributed by atoms with Crippen molar-refractivity contribution in [2.45, 2.75) is 33.4 Å². The molecule has 0 spiro atoms. The van der Waals surface area contributed by atoms with Crippen LogP contribution < -0.4 is 9.47 Å². The molecule has 0 unspecified atom stereocenters. The molecule has 0 fully saturated rings. The molecule has 0 atom stereocenters. The molecule has 2 rings (SSSR count). The van der Waals surface area contributed by atoms with Gasteiger partial charge in [-0.15, -0.1) is 11.3 Å². The Morgan fingerprint density at radius 3 is 2.72 bits per heavy atom. The number of hydrogen-bond acceptors (Lipinski definition) is 6. The minimum absolute atomic E-state index is 0.00139. The Morgan fingerprint density at radius 2 is 2.12 bits per heavy atom. The lowest BCUT2D eigenvalue weighted by Gasteiger charge is -2.23. The van der Waals surface area contributed by atoms with E-state index in [1.165, 1.54) is 11.3 Å². The molecule has 0 saturated heterocycles. The van der Waals surface area contributed by atoms with E-state index >= 15 is 0 Å². The zero-order valence-electron chi connectivity index (χ0n) is 15.0. The van der Waals surface area contributed by atoms with E-state index in [2.05, 4.69) is 4.98 Å². The summed E-state index contributed by atoms with van der Waals surface area (Å²) in [5.74, 6) is 0.546. The van der Waals surface area contributed by atoms with Crippen LogP contribution in [-0.2, 0) is 11.3 Å². The minimum Gasteiger partial charge on any atom is -0.493 e. The number of aromatic nitrogens is 1. The summed E-state index contributed by atoms with van der Waals surface area (Å²) in [5, 5.41) is 11.9. The van der Waals surface area contributed by atoms with Crippen LogP contribution in [0.25, 0.3) is 10.6 Å². The fourth-order valence-electron chi connectivity index (χ4n) is 2.39. The summed E-state index contributed by atoms with van der Waals surface area (Å²) >= 11 is 1.53. The smallest absolute Gasteiger partial charge is 0.317 e. The van der Waals surface area contributed by atoms with Gasteiger partial charge in [0.15, 0.2) is 11.5 Å². The summed E-state index contributed by atoms with van der Waals surface area (Å²) < 4.78 is 10.9. The average Bonchev–Trinajstić information content (AvgIpc) is 3.03. The summed E-state index contributed by atoms with van der Waals surface area (Å²) in [7, 11) is 1.61. The highest BCUT2D eigenvalue weighted by molar-refractivity contribution is 7.13.